The summed E-state index contributed by atoms with van der Waals surface area (Å²) in [6.45, 7) is 0.998. The number of halogens is 1. The van der Waals surface area contributed by atoms with Crippen LogP contribution in [-0.2, 0) is 12.8 Å². The summed E-state index contributed by atoms with van der Waals surface area (Å²) in [6, 6.07) is 2.61. The number of rotatable bonds is 5. The summed E-state index contributed by atoms with van der Waals surface area (Å²) < 4.78 is 0.917. The van der Waals surface area contributed by atoms with E-state index >= 15 is 0 Å². The van der Waals surface area contributed by atoms with Crippen LogP contribution in [0.25, 0.3) is 0 Å². The number of aryl methyl sites for hydroxylation is 2. The zero-order chi connectivity index (χ0) is 13.1. The summed E-state index contributed by atoms with van der Waals surface area (Å²) in [7, 11) is 0. The minimum absolute atomic E-state index is 0.474. The van der Waals surface area contributed by atoms with Crippen molar-refractivity contribution in [1.29, 1.82) is 0 Å². The van der Waals surface area contributed by atoms with Crippen molar-refractivity contribution >= 4 is 22.9 Å². The first-order valence-electron chi connectivity index (χ1n) is 6.68. The fraction of sp³-hybridized carbons (Fsp3) is 0.538. The summed E-state index contributed by atoms with van der Waals surface area (Å²) >= 11 is 7.85. The number of hydrogen-bond acceptors (Lipinski definition) is 4. The highest BCUT2D eigenvalue weighted by molar-refractivity contribution is 7.16. The topological polar surface area (TPSA) is 53.6 Å². The van der Waals surface area contributed by atoms with Crippen molar-refractivity contribution in [3.05, 3.63) is 33.0 Å². The second-order valence-electron chi connectivity index (χ2n) is 4.86. The molecule has 0 fully saturated rings. The summed E-state index contributed by atoms with van der Waals surface area (Å²) in [4.78, 5) is 5.59. The van der Waals surface area contributed by atoms with Gasteiger partial charge in [-0.3, -0.25) is 5.10 Å². The molecule has 3 rings (SSSR count). The van der Waals surface area contributed by atoms with Gasteiger partial charge in [0, 0.05) is 17.3 Å². The first-order chi connectivity index (χ1) is 9.33. The van der Waals surface area contributed by atoms with Crippen LogP contribution in [0.2, 0.25) is 4.34 Å². The molecule has 102 valence electrons. The Labute approximate surface area is 121 Å². The lowest BCUT2D eigenvalue weighted by atomic mass is 9.94. The van der Waals surface area contributed by atoms with Crippen LogP contribution in [0.3, 0.4) is 0 Å². The molecule has 0 aliphatic heterocycles. The molecule has 0 radical (unpaired) electrons. The second-order valence-corrected chi connectivity index (χ2v) is 6.63. The van der Waals surface area contributed by atoms with Crippen molar-refractivity contribution in [2.75, 3.05) is 6.54 Å². The number of H-pyrrole nitrogens is 1. The number of hydrogen-bond donors (Lipinski definition) is 2. The molecule has 2 heterocycles. The number of fused-ring (bicyclic) bond motifs is 1. The zero-order valence-corrected chi connectivity index (χ0v) is 12.2. The molecule has 0 spiro atoms. The lowest BCUT2D eigenvalue weighted by Crippen LogP contribution is -2.25. The van der Waals surface area contributed by atoms with Gasteiger partial charge < -0.3 is 5.32 Å². The average molecular weight is 297 g/mol. The Morgan fingerprint density at radius 3 is 3.32 bits per heavy atom. The van der Waals surface area contributed by atoms with E-state index in [0.717, 1.165) is 29.5 Å². The van der Waals surface area contributed by atoms with E-state index in [9.17, 15) is 0 Å². The van der Waals surface area contributed by atoms with Crippen LogP contribution in [0, 0.1) is 0 Å². The van der Waals surface area contributed by atoms with E-state index in [1.54, 1.807) is 17.7 Å². The van der Waals surface area contributed by atoms with Gasteiger partial charge in [-0.15, -0.1) is 11.3 Å². The Balaban J connectivity index is 1.50. The first kappa shape index (κ1) is 13.1. The standard InChI is InChI=1S/C13H17ClN4S/c14-12-7-9-10(3-1-4-11(9)19-12)15-6-2-5-13-16-8-17-18-13/h7-8,10,15H,1-6H2,(H,16,17,18). The zero-order valence-electron chi connectivity index (χ0n) is 10.7. The molecule has 2 aromatic rings. The van der Waals surface area contributed by atoms with Crippen molar-refractivity contribution in [3.8, 4) is 0 Å². The molecule has 1 unspecified atom stereocenters. The van der Waals surface area contributed by atoms with E-state index in [2.05, 4.69) is 26.6 Å². The number of nitrogens with one attached hydrogen (secondary N) is 2. The van der Waals surface area contributed by atoms with Crippen LogP contribution in [-0.4, -0.2) is 21.7 Å². The van der Waals surface area contributed by atoms with Gasteiger partial charge in [-0.1, -0.05) is 11.6 Å². The highest BCUT2D eigenvalue weighted by Gasteiger charge is 2.21. The van der Waals surface area contributed by atoms with Crippen molar-refractivity contribution in [1.82, 2.24) is 20.5 Å². The van der Waals surface area contributed by atoms with Crippen molar-refractivity contribution < 1.29 is 0 Å². The Morgan fingerprint density at radius 2 is 2.47 bits per heavy atom. The van der Waals surface area contributed by atoms with E-state index in [0.29, 0.717) is 6.04 Å². The first-order valence-corrected chi connectivity index (χ1v) is 7.88. The fourth-order valence-corrected chi connectivity index (χ4v) is 4.00. The van der Waals surface area contributed by atoms with Crippen LogP contribution >= 0.6 is 22.9 Å². The highest BCUT2D eigenvalue weighted by Crippen LogP contribution is 2.37. The lowest BCUT2D eigenvalue weighted by molar-refractivity contribution is 0.458. The normalized spacial score (nSPS) is 18.5. The minimum Gasteiger partial charge on any atom is -0.310 e. The minimum atomic E-state index is 0.474. The Hall–Kier alpha value is -0.910. The average Bonchev–Trinajstić information content (AvgIpc) is 3.02. The van der Waals surface area contributed by atoms with Gasteiger partial charge in [0.15, 0.2) is 0 Å². The van der Waals surface area contributed by atoms with Crippen LogP contribution in [0.1, 0.15) is 41.6 Å². The molecule has 6 heteroatoms. The molecule has 2 N–H and O–H groups in total. The van der Waals surface area contributed by atoms with Gasteiger partial charge in [0.2, 0.25) is 0 Å². The molecule has 1 aliphatic carbocycles. The maximum atomic E-state index is 6.12. The third kappa shape index (κ3) is 3.16. The van der Waals surface area contributed by atoms with E-state index in [-0.39, 0.29) is 0 Å². The summed E-state index contributed by atoms with van der Waals surface area (Å²) in [5, 5.41) is 10.4. The number of thiophene rings is 1. The summed E-state index contributed by atoms with van der Waals surface area (Å²) in [5.41, 5.74) is 1.42. The number of aromatic nitrogens is 3. The van der Waals surface area contributed by atoms with Gasteiger partial charge in [-0.2, -0.15) is 5.10 Å². The Morgan fingerprint density at radius 1 is 1.53 bits per heavy atom. The SMILES string of the molecule is Clc1cc2c(s1)CCCC2NCCCc1ncn[nH]1. The molecule has 0 amide bonds. The molecule has 2 aromatic heterocycles. The van der Waals surface area contributed by atoms with Crippen LogP contribution in [0.4, 0.5) is 0 Å². The van der Waals surface area contributed by atoms with E-state index in [4.69, 9.17) is 11.6 Å². The molecular weight excluding hydrogens is 280 g/mol. The van der Waals surface area contributed by atoms with Gasteiger partial charge in [0.05, 0.1) is 4.34 Å². The molecule has 1 aliphatic rings. The van der Waals surface area contributed by atoms with Gasteiger partial charge in [0.1, 0.15) is 12.2 Å². The third-order valence-corrected chi connectivity index (χ3v) is 4.87. The number of nitrogens with zero attached hydrogens (tertiary/aromatic N) is 2. The molecule has 0 aromatic carbocycles. The van der Waals surface area contributed by atoms with E-state index in [1.807, 2.05) is 0 Å². The maximum Gasteiger partial charge on any atom is 0.137 e. The van der Waals surface area contributed by atoms with Gasteiger partial charge >= 0.3 is 0 Å². The number of aromatic amines is 1. The highest BCUT2D eigenvalue weighted by atomic mass is 35.5. The third-order valence-electron chi connectivity index (χ3n) is 3.53. The van der Waals surface area contributed by atoms with E-state index < -0.39 is 0 Å². The molecule has 4 nitrogen and oxygen atoms in total. The van der Waals surface area contributed by atoms with Crippen LogP contribution in [0.5, 0.6) is 0 Å². The lowest BCUT2D eigenvalue weighted by Gasteiger charge is -2.23. The van der Waals surface area contributed by atoms with Crippen molar-refractivity contribution in [3.63, 3.8) is 0 Å². The molecule has 0 saturated heterocycles. The molecule has 1 atom stereocenters. The Bertz CT molecular complexity index is 523. The predicted molar refractivity (Wildman–Crippen MR) is 77.7 cm³/mol. The smallest absolute Gasteiger partial charge is 0.137 e. The summed E-state index contributed by atoms with van der Waals surface area (Å²) in [6.07, 6.45) is 7.22. The molecular formula is C13H17ClN4S. The van der Waals surface area contributed by atoms with Crippen molar-refractivity contribution in [2.45, 2.75) is 38.1 Å². The quantitative estimate of drug-likeness (QED) is 0.834. The second kappa shape index (κ2) is 6.03. The Kier molecular flexibility index (Phi) is 4.15. The molecule has 0 bridgehead atoms. The van der Waals surface area contributed by atoms with Gasteiger partial charge in [-0.05, 0) is 43.9 Å². The molecule has 19 heavy (non-hydrogen) atoms. The van der Waals surface area contributed by atoms with Crippen molar-refractivity contribution in [2.24, 2.45) is 0 Å². The monoisotopic (exact) mass is 296 g/mol. The van der Waals surface area contributed by atoms with Crippen LogP contribution < -0.4 is 5.32 Å². The fourth-order valence-electron chi connectivity index (χ4n) is 2.62. The molecule has 0 saturated carbocycles. The maximum absolute atomic E-state index is 6.12. The van der Waals surface area contributed by atoms with Crippen LogP contribution in [0.15, 0.2) is 12.4 Å². The predicted octanol–water partition coefficient (Wildman–Crippen LogP) is 3.12. The largest absolute Gasteiger partial charge is 0.310 e. The van der Waals surface area contributed by atoms with Gasteiger partial charge in [0.25, 0.3) is 0 Å². The summed E-state index contributed by atoms with van der Waals surface area (Å²) in [5.74, 6) is 0.963. The van der Waals surface area contributed by atoms with Gasteiger partial charge in [-0.25, -0.2) is 4.98 Å². The van der Waals surface area contributed by atoms with E-state index in [1.165, 1.54) is 29.7 Å².